The Morgan fingerprint density at radius 2 is 1.45 bits per heavy atom. The monoisotopic (exact) mass is 1420 g/mol. The lowest BCUT2D eigenvalue weighted by molar-refractivity contribution is -0.168. The molecule has 3 aliphatic heterocycles. The molecule has 556 valence electrons. The maximum Gasteiger partial charge on any atom is 0.410 e. The van der Waals surface area contributed by atoms with Gasteiger partial charge in [-0.05, 0) is 110 Å². The minimum atomic E-state index is -1.51. The molecule has 0 saturated carbocycles. The number of piperazine rings is 1. The SMILES string of the molecule is CC[C@H](O)[C@@H](C)[C@H]1O[C@@H]1C[C@@](C)(O)/C=C/C=C(\C)[C@H]1OC(=O)C[C@H](O)CC[C@@](C)(OC(C)=O)[C@@H](OC(=O)N2CCN(C(=O)OCc3ccc(CC(=O)[C@H](CCCNC(N)=O)NC(=O)[C@@H](CC(=O)[C@@H](CCC(=O)O)NC(=O)OCC4c5ccccc5-c5ccccc54)C(C)C)cc3)CC2)/C=C/[C@@H]1C. The second kappa shape index (κ2) is 37.3. The Labute approximate surface area is 596 Å². The number of esters is 2. The Bertz CT molecular complexity index is 3480. The molecule has 2 saturated heterocycles. The highest BCUT2D eigenvalue weighted by atomic mass is 16.6. The van der Waals surface area contributed by atoms with Crippen LogP contribution in [0.5, 0.6) is 0 Å². The molecule has 3 aromatic rings. The zero-order valence-corrected chi connectivity index (χ0v) is 59.8. The second-order valence-electron chi connectivity index (χ2n) is 28.0. The van der Waals surface area contributed by atoms with Gasteiger partial charge in [-0.2, -0.15) is 0 Å². The second-order valence-corrected chi connectivity index (χ2v) is 28.0. The Hall–Kier alpha value is -8.98. The number of rotatable bonds is 31. The maximum absolute atomic E-state index is 14.2. The summed E-state index contributed by atoms with van der Waals surface area (Å²) in [6.07, 6.45) is 1.17. The van der Waals surface area contributed by atoms with Crippen molar-refractivity contribution >= 4 is 59.7 Å². The first kappa shape index (κ1) is 80.3. The number of aliphatic hydroxyl groups is 3. The molecular formula is C76H102N6O20. The fourth-order valence-electron chi connectivity index (χ4n) is 13.3. The van der Waals surface area contributed by atoms with Crippen LogP contribution in [0, 0.1) is 23.7 Å². The number of carboxylic acid groups (broad SMARTS) is 1. The van der Waals surface area contributed by atoms with Crippen molar-refractivity contribution in [1.29, 1.82) is 0 Å². The largest absolute Gasteiger partial charge is 0.481 e. The number of allylic oxidation sites excluding steroid dienone is 2. The van der Waals surface area contributed by atoms with Crippen molar-refractivity contribution in [1.82, 2.24) is 25.8 Å². The number of nitrogens with zero attached hydrogens (tertiary/aromatic N) is 2. The van der Waals surface area contributed by atoms with Crippen molar-refractivity contribution in [2.75, 3.05) is 39.3 Å². The number of carbonyl (C=O) groups is 10. The van der Waals surface area contributed by atoms with Crippen molar-refractivity contribution in [3.05, 3.63) is 131 Å². The molecule has 1 aliphatic carbocycles. The third-order valence-electron chi connectivity index (χ3n) is 19.4. The van der Waals surface area contributed by atoms with Gasteiger partial charge in [0.1, 0.15) is 24.9 Å². The molecule has 0 spiro atoms. The quantitative estimate of drug-likeness (QED) is 0.00749. The van der Waals surface area contributed by atoms with E-state index in [4.69, 9.17) is 34.2 Å². The molecule has 26 heteroatoms. The summed E-state index contributed by atoms with van der Waals surface area (Å²) in [6.45, 7) is 15.3. The number of Topliss-reactive ketones (excluding diaryl/α,β-unsaturated/α-hetero) is 2. The molecule has 0 radical (unpaired) electrons. The number of hydrogen-bond acceptors (Lipinski definition) is 19. The van der Waals surface area contributed by atoms with Crippen LogP contribution in [-0.4, -0.2) is 189 Å². The highest BCUT2D eigenvalue weighted by molar-refractivity contribution is 5.95. The third-order valence-corrected chi connectivity index (χ3v) is 19.4. The van der Waals surface area contributed by atoms with Gasteiger partial charge in [0.2, 0.25) is 5.91 Å². The number of hydrogen-bond donors (Lipinski definition) is 8. The lowest BCUT2D eigenvalue weighted by Gasteiger charge is -2.38. The fourth-order valence-corrected chi connectivity index (χ4v) is 13.3. The predicted molar refractivity (Wildman–Crippen MR) is 375 cm³/mol. The van der Waals surface area contributed by atoms with Crippen LogP contribution >= 0.6 is 0 Å². The molecule has 3 heterocycles. The van der Waals surface area contributed by atoms with Crippen LogP contribution in [0.15, 0.2) is 109 Å². The van der Waals surface area contributed by atoms with Gasteiger partial charge in [-0.25, -0.2) is 19.2 Å². The summed E-state index contributed by atoms with van der Waals surface area (Å²) in [5, 5.41) is 50.0. The molecule has 3 aromatic carbocycles. The number of ketones is 2. The summed E-state index contributed by atoms with van der Waals surface area (Å²) in [4.78, 5) is 135. The van der Waals surface area contributed by atoms with Crippen LogP contribution < -0.4 is 21.7 Å². The number of nitrogens with one attached hydrogen (secondary N) is 3. The number of urea groups is 1. The lowest BCUT2D eigenvalue weighted by Crippen LogP contribution is -2.53. The van der Waals surface area contributed by atoms with Gasteiger partial charge in [-0.15, -0.1) is 0 Å². The first-order chi connectivity index (χ1) is 48.3. The molecule has 4 aliphatic rings. The zero-order valence-electron chi connectivity index (χ0n) is 59.8. The average molecular weight is 1420 g/mol. The van der Waals surface area contributed by atoms with Crippen molar-refractivity contribution in [2.24, 2.45) is 29.4 Å². The van der Waals surface area contributed by atoms with Crippen LogP contribution in [0.1, 0.15) is 155 Å². The number of nitrogens with two attached hydrogens (primary N) is 1. The van der Waals surface area contributed by atoms with E-state index in [1.165, 1.54) is 16.7 Å². The first-order valence-electron chi connectivity index (χ1n) is 35.2. The highest BCUT2D eigenvalue weighted by Gasteiger charge is 2.48. The van der Waals surface area contributed by atoms with E-state index in [1.54, 1.807) is 96.2 Å². The van der Waals surface area contributed by atoms with Crippen LogP contribution in [0.2, 0.25) is 0 Å². The van der Waals surface area contributed by atoms with E-state index in [-0.39, 0.29) is 115 Å². The Kier molecular flexibility index (Phi) is 29.4. The fraction of sp³-hybridized carbons (Fsp3) is 0.553. The summed E-state index contributed by atoms with van der Waals surface area (Å²) >= 11 is 0. The molecule has 26 nitrogen and oxygen atoms in total. The standard InChI is InChI=1S/C76H102N6O20/c1-10-61(85)48(6)69-64(99-69)42-75(8,96)32-15-17-46(4)68-47(5)23-29-65(76(9,102-49(7)83)33-31-52(84)40-67(90)101-68)100-74(95)82-37-35-81(36-38-82)73(94)98-43-51-26-24-50(25-27-51)39-62(86)59(22-16-34-78-71(77)92)79-70(91)57(45(2)3)41-63(87)60(28-30-66(88)89)80-72(93)97-44-58-55-20-13-11-18-53(55)54-19-12-14-21-56(54)58/h11-15,17-21,23-27,29,32,45,47-48,52,57-61,64-65,68-69,84-85,96H,10,16,22,28,30-31,33-44H2,1-9H3,(H,79,91)(H,80,93)(H,88,89)(H3,77,78,92)/b29-23+,32-15+,46-17+/t47-,48+,52+,57-,59-,60+,61-,64+,65-,68+,69+,75-,76+/m0/s1. The number of aliphatic hydroxyl groups excluding tert-OH is 2. The molecule has 13 atom stereocenters. The van der Waals surface area contributed by atoms with Crippen LogP contribution in [0.3, 0.4) is 0 Å². The van der Waals surface area contributed by atoms with Gasteiger partial charge in [0.15, 0.2) is 17.7 Å². The highest BCUT2D eigenvalue weighted by Crippen LogP contribution is 2.45. The van der Waals surface area contributed by atoms with Gasteiger partial charge in [0.25, 0.3) is 0 Å². The first-order valence-corrected chi connectivity index (χ1v) is 35.2. The normalized spacial score (nSPS) is 23.2. The minimum Gasteiger partial charge on any atom is -0.481 e. The van der Waals surface area contributed by atoms with E-state index in [9.17, 15) is 68.4 Å². The Morgan fingerprint density at radius 3 is 2.06 bits per heavy atom. The third kappa shape index (κ3) is 23.5. The number of fused-ring (bicyclic) bond motifs is 3. The van der Waals surface area contributed by atoms with E-state index in [2.05, 4.69) is 16.0 Å². The smallest absolute Gasteiger partial charge is 0.410 e. The number of benzene rings is 3. The molecular weight excluding hydrogens is 1320 g/mol. The van der Waals surface area contributed by atoms with E-state index >= 15 is 0 Å². The van der Waals surface area contributed by atoms with E-state index in [0.29, 0.717) is 29.5 Å². The number of epoxide rings is 1. The van der Waals surface area contributed by atoms with E-state index in [0.717, 1.165) is 22.3 Å². The van der Waals surface area contributed by atoms with Gasteiger partial charge in [-0.1, -0.05) is 132 Å². The molecule has 9 N–H and O–H groups in total. The van der Waals surface area contributed by atoms with Gasteiger partial charge < -0.3 is 80.3 Å². The summed E-state index contributed by atoms with van der Waals surface area (Å²) < 4.78 is 35.1. The van der Waals surface area contributed by atoms with Gasteiger partial charge in [0.05, 0.1) is 48.5 Å². The van der Waals surface area contributed by atoms with Crippen LogP contribution in [0.4, 0.5) is 19.2 Å². The predicted octanol–water partition coefficient (Wildman–Crippen LogP) is 8.28. The van der Waals surface area contributed by atoms with Crippen molar-refractivity contribution in [2.45, 2.75) is 205 Å². The Morgan fingerprint density at radius 1 is 0.833 bits per heavy atom. The van der Waals surface area contributed by atoms with Crippen LogP contribution in [-0.2, 0) is 70.2 Å². The average Bonchev–Trinajstić information content (AvgIpc) is 1.61. The molecule has 6 amide bonds. The number of carbonyl (C=O) groups excluding carboxylic acids is 9. The van der Waals surface area contributed by atoms with Crippen molar-refractivity contribution in [3.63, 3.8) is 0 Å². The molecule has 0 aromatic heterocycles. The lowest BCUT2D eigenvalue weighted by atomic mass is 9.86. The Balaban J connectivity index is 0.923. The van der Waals surface area contributed by atoms with E-state index in [1.807, 2.05) is 62.4 Å². The van der Waals surface area contributed by atoms with E-state index < -0.39 is 138 Å². The number of alkyl carbamates (subject to hydrolysis) is 1. The molecule has 0 unspecified atom stereocenters. The number of amides is 6. The van der Waals surface area contributed by atoms with Gasteiger partial charge in [0, 0.05) is 89.0 Å². The summed E-state index contributed by atoms with van der Waals surface area (Å²) in [5.74, 6) is -6.58. The molecule has 0 bridgehead atoms. The summed E-state index contributed by atoms with van der Waals surface area (Å²) in [5.41, 5.74) is 8.21. The molecule has 2 fully saturated rings. The summed E-state index contributed by atoms with van der Waals surface area (Å²) in [7, 11) is 0. The number of aliphatic carboxylic acids is 1. The topological polar surface area (TPSA) is 379 Å². The molecule has 102 heavy (non-hydrogen) atoms. The number of cyclic esters (lactones) is 1. The minimum absolute atomic E-state index is 0.0146. The van der Waals surface area contributed by atoms with Gasteiger partial charge in [-0.3, -0.25) is 28.8 Å². The maximum atomic E-state index is 14.2. The van der Waals surface area contributed by atoms with Crippen LogP contribution in [0.25, 0.3) is 11.1 Å². The van der Waals surface area contributed by atoms with Gasteiger partial charge >= 0.3 is 42.2 Å². The number of ether oxygens (including phenoxy) is 6. The van der Waals surface area contributed by atoms with Crippen molar-refractivity contribution < 1.29 is 96.8 Å². The van der Waals surface area contributed by atoms with Crippen molar-refractivity contribution in [3.8, 4) is 11.1 Å². The zero-order chi connectivity index (χ0) is 74.6. The molecule has 7 rings (SSSR count). The summed E-state index contributed by atoms with van der Waals surface area (Å²) in [6, 6.07) is 19.0. The number of carboxylic acids is 1. The number of primary amides is 1.